The predicted octanol–water partition coefficient (Wildman–Crippen LogP) is 6.63. The molecule has 116 valence electrons. The van der Waals surface area contributed by atoms with Crippen LogP contribution in [-0.4, -0.2) is 29.1 Å². The van der Waals surface area contributed by atoms with Crippen LogP contribution in [-0.2, 0) is 4.74 Å². The number of rotatable bonds is 13. The van der Waals surface area contributed by atoms with Crippen LogP contribution in [0, 0.1) is 0 Å². The van der Waals surface area contributed by atoms with E-state index in [2.05, 4.69) is 50.3 Å². The van der Waals surface area contributed by atoms with E-state index in [1.54, 1.807) is 13.3 Å². The zero-order valence-electron chi connectivity index (χ0n) is 13.6. The van der Waals surface area contributed by atoms with E-state index in [4.69, 9.17) is 4.74 Å². The second kappa shape index (κ2) is 13.2. The van der Waals surface area contributed by atoms with Crippen molar-refractivity contribution in [3.63, 3.8) is 0 Å². The van der Waals surface area contributed by atoms with Crippen molar-refractivity contribution in [1.29, 1.82) is 0 Å². The number of unbranched alkanes of at least 4 members (excludes halogenated alkanes) is 3. The number of halogens is 1. The molecule has 0 bridgehead atoms. The third-order valence-corrected chi connectivity index (χ3v) is 20.2. The fraction of sp³-hybridized carbons (Fsp3) is 1.00. The summed E-state index contributed by atoms with van der Waals surface area (Å²) in [4.78, 5) is 0. The Bertz CT molecular complexity index is 175. The third-order valence-electron chi connectivity index (χ3n) is 4.16. The summed E-state index contributed by atoms with van der Waals surface area (Å²) in [6.07, 6.45) is 8.55. The van der Waals surface area contributed by atoms with E-state index in [0.717, 1.165) is 6.61 Å². The van der Waals surface area contributed by atoms with E-state index < -0.39 is 18.4 Å². The SMILES string of the molecule is CCC[CH2][Sn]([CH2]CCC)([CH2]CCC)[CH2]COC(C)I. The van der Waals surface area contributed by atoms with Crippen molar-refractivity contribution in [2.45, 2.75) is 88.1 Å². The second-order valence-corrected chi connectivity index (χ2v) is 22.0. The molecule has 0 saturated carbocycles. The van der Waals surface area contributed by atoms with Crippen LogP contribution >= 0.6 is 22.6 Å². The Morgan fingerprint density at radius 1 is 0.842 bits per heavy atom. The summed E-state index contributed by atoms with van der Waals surface area (Å²) in [7, 11) is 0. The van der Waals surface area contributed by atoms with Gasteiger partial charge in [0.1, 0.15) is 0 Å². The van der Waals surface area contributed by atoms with Crippen molar-refractivity contribution in [3.8, 4) is 0 Å². The molecule has 1 atom stereocenters. The van der Waals surface area contributed by atoms with Gasteiger partial charge in [-0.15, -0.1) is 0 Å². The first-order valence-corrected chi connectivity index (χ1v) is 17.7. The summed E-state index contributed by atoms with van der Waals surface area (Å²) in [6, 6.07) is 0. The average molecular weight is 489 g/mol. The molecular formula is C16H35IOSn. The molecule has 0 aliphatic heterocycles. The van der Waals surface area contributed by atoms with Crippen LogP contribution < -0.4 is 0 Å². The van der Waals surface area contributed by atoms with Gasteiger partial charge < -0.3 is 0 Å². The molecule has 0 spiro atoms. The van der Waals surface area contributed by atoms with Gasteiger partial charge in [0.2, 0.25) is 0 Å². The summed E-state index contributed by atoms with van der Waals surface area (Å²) >= 11 is 0.500. The molecule has 19 heavy (non-hydrogen) atoms. The second-order valence-electron chi connectivity index (χ2n) is 5.97. The zero-order valence-corrected chi connectivity index (χ0v) is 18.7. The first-order chi connectivity index (χ1) is 9.10. The van der Waals surface area contributed by atoms with Crippen LogP contribution in [0.2, 0.25) is 17.7 Å². The number of hydrogen-bond donors (Lipinski definition) is 0. The van der Waals surface area contributed by atoms with Gasteiger partial charge >= 0.3 is 140 Å². The van der Waals surface area contributed by atoms with Crippen molar-refractivity contribution >= 4 is 41.0 Å². The van der Waals surface area contributed by atoms with Gasteiger partial charge in [0.05, 0.1) is 0 Å². The van der Waals surface area contributed by atoms with Crippen molar-refractivity contribution in [1.82, 2.24) is 0 Å². The van der Waals surface area contributed by atoms with E-state index in [1.807, 2.05) is 0 Å². The molecule has 0 rings (SSSR count). The summed E-state index contributed by atoms with van der Waals surface area (Å²) in [5, 5.41) is 0. The summed E-state index contributed by atoms with van der Waals surface area (Å²) in [5.74, 6) is 0. The Hall–Kier alpha value is 1.49. The monoisotopic (exact) mass is 490 g/mol. The number of alkyl halides is 1. The van der Waals surface area contributed by atoms with Crippen molar-refractivity contribution in [3.05, 3.63) is 0 Å². The average Bonchev–Trinajstić information content (AvgIpc) is 2.39. The number of ether oxygens (including phenoxy) is 1. The van der Waals surface area contributed by atoms with Gasteiger partial charge in [-0.2, -0.15) is 0 Å². The molecule has 0 amide bonds. The van der Waals surface area contributed by atoms with Gasteiger partial charge in [0.25, 0.3) is 0 Å². The molecule has 0 heterocycles. The van der Waals surface area contributed by atoms with Gasteiger partial charge in [-0.25, -0.2) is 0 Å². The summed E-state index contributed by atoms with van der Waals surface area (Å²) in [5.41, 5.74) is 0. The quantitative estimate of drug-likeness (QED) is 0.160. The fourth-order valence-electron chi connectivity index (χ4n) is 2.84. The Morgan fingerprint density at radius 2 is 1.26 bits per heavy atom. The third kappa shape index (κ3) is 10.8. The van der Waals surface area contributed by atoms with Crippen LogP contribution in [0.15, 0.2) is 0 Å². The zero-order chi connectivity index (χ0) is 14.6. The molecule has 1 nitrogen and oxygen atoms in total. The maximum absolute atomic E-state index is 5.88. The van der Waals surface area contributed by atoms with E-state index in [0.29, 0.717) is 4.11 Å². The van der Waals surface area contributed by atoms with E-state index in [-0.39, 0.29) is 0 Å². The number of hydrogen-bond acceptors (Lipinski definition) is 1. The van der Waals surface area contributed by atoms with E-state index >= 15 is 0 Å². The van der Waals surface area contributed by atoms with Crippen LogP contribution in [0.25, 0.3) is 0 Å². The van der Waals surface area contributed by atoms with Gasteiger partial charge in [-0.3, -0.25) is 0 Å². The minimum absolute atomic E-state index is 0.380. The van der Waals surface area contributed by atoms with Crippen LogP contribution in [0.1, 0.15) is 66.2 Å². The van der Waals surface area contributed by atoms with E-state index in [9.17, 15) is 0 Å². The molecule has 0 aliphatic rings. The maximum atomic E-state index is 5.88. The molecule has 0 aromatic rings. The molecule has 0 N–H and O–H groups in total. The molecule has 0 fully saturated rings. The van der Waals surface area contributed by atoms with E-state index in [1.165, 1.54) is 43.0 Å². The van der Waals surface area contributed by atoms with Crippen molar-refractivity contribution < 1.29 is 4.74 Å². The topological polar surface area (TPSA) is 9.23 Å². The Kier molecular flexibility index (Phi) is 14.2. The minimum atomic E-state index is -1.88. The van der Waals surface area contributed by atoms with Crippen LogP contribution in [0.4, 0.5) is 0 Å². The normalized spacial score (nSPS) is 13.7. The van der Waals surface area contributed by atoms with Gasteiger partial charge in [0.15, 0.2) is 0 Å². The Morgan fingerprint density at radius 3 is 1.58 bits per heavy atom. The molecule has 1 unspecified atom stereocenters. The van der Waals surface area contributed by atoms with Crippen LogP contribution in [0.5, 0.6) is 0 Å². The molecule has 0 aromatic heterocycles. The molecule has 0 radical (unpaired) electrons. The molecule has 3 heteroatoms. The predicted molar refractivity (Wildman–Crippen MR) is 99.1 cm³/mol. The van der Waals surface area contributed by atoms with Crippen molar-refractivity contribution in [2.75, 3.05) is 6.61 Å². The van der Waals surface area contributed by atoms with Gasteiger partial charge in [0, 0.05) is 0 Å². The first-order valence-electron chi connectivity index (χ1n) is 8.36. The summed E-state index contributed by atoms with van der Waals surface area (Å²) in [6.45, 7) is 10.2. The molecule has 0 aromatic carbocycles. The first kappa shape index (κ1) is 20.5. The molecule has 0 aliphatic carbocycles. The van der Waals surface area contributed by atoms with Crippen molar-refractivity contribution in [2.24, 2.45) is 0 Å². The van der Waals surface area contributed by atoms with Gasteiger partial charge in [-0.1, -0.05) is 0 Å². The Balaban J connectivity index is 4.47. The molecule has 0 saturated heterocycles. The van der Waals surface area contributed by atoms with Crippen LogP contribution in [0.3, 0.4) is 0 Å². The Labute approximate surface area is 139 Å². The fourth-order valence-corrected chi connectivity index (χ4v) is 18.4. The standard InChI is InChI=1S/C4H8IO.3C4H9.Sn/c1-3-6-4(2)5;3*1-3-4-2;/h4H,1,3H2,2H3;3*1,3-4H2,2H3;. The van der Waals surface area contributed by atoms with Gasteiger partial charge in [-0.05, 0) is 0 Å². The summed E-state index contributed by atoms with van der Waals surface area (Å²) < 4.78 is 12.6. The molecular weight excluding hydrogens is 454 g/mol.